The summed E-state index contributed by atoms with van der Waals surface area (Å²) in [4.78, 5) is 0.165. The Balaban J connectivity index is 2.21. The molecular weight excluding hydrogens is 267 g/mol. The molecule has 0 amide bonds. The van der Waals surface area contributed by atoms with E-state index in [1.807, 2.05) is 6.92 Å². The number of rotatable bonds is 4. The highest BCUT2D eigenvalue weighted by atomic mass is 32.1. The van der Waals surface area contributed by atoms with Gasteiger partial charge < -0.3 is 5.73 Å². The van der Waals surface area contributed by atoms with E-state index in [0.717, 1.165) is 22.3 Å². The molecule has 0 saturated heterocycles. The summed E-state index contributed by atoms with van der Waals surface area (Å²) in [7, 11) is 0. The molecule has 1 atom stereocenters. The highest BCUT2D eigenvalue weighted by Gasteiger charge is 2.38. The van der Waals surface area contributed by atoms with Crippen molar-refractivity contribution >= 4 is 16.3 Å². The minimum Gasteiger partial charge on any atom is -0.330 e. The predicted molar refractivity (Wildman–Crippen MR) is 60.2 cm³/mol. The molecule has 0 bridgehead atoms. The van der Waals surface area contributed by atoms with E-state index >= 15 is 0 Å². The second-order valence-electron chi connectivity index (χ2n) is 4.09. The van der Waals surface area contributed by atoms with Gasteiger partial charge in [-0.3, -0.25) is 0 Å². The Kier molecular flexibility index (Phi) is 3.53. The van der Waals surface area contributed by atoms with E-state index in [2.05, 4.69) is 15.3 Å². The largest absolute Gasteiger partial charge is 0.453 e. The summed E-state index contributed by atoms with van der Waals surface area (Å²) in [6.07, 6.45) is -3.14. The molecule has 0 spiro atoms. The molecule has 2 aromatic rings. The van der Waals surface area contributed by atoms with Gasteiger partial charge in [0.2, 0.25) is 4.96 Å². The number of fused-ring (bicyclic) bond motifs is 1. The predicted octanol–water partition coefficient (Wildman–Crippen LogP) is 1.73. The van der Waals surface area contributed by atoms with Crippen LogP contribution >= 0.6 is 11.3 Å². The van der Waals surface area contributed by atoms with Gasteiger partial charge in [0.05, 0.1) is 0 Å². The number of hydrogen-bond donors (Lipinski definition) is 1. The lowest BCUT2D eigenvalue weighted by Gasteiger charge is -2.04. The van der Waals surface area contributed by atoms with E-state index in [4.69, 9.17) is 5.73 Å². The van der Waals surface area contributed by atoms with Gasteiger partial charge in [-0.25, -0.2) is 0 Å². The lowest BCUT2D eigenvalue weighted by Crippen LogP contribution is -2.12. The van der Waals surface area contributed by atoms with Gasteiger partial charge in [0, 0.05) is 6.42 Å². The summed E-state index contributed by atoms with van der Waals surface area (Å²) in [6.45, 7) is 2.54. The maximum atomic E-state index is 12.6. The molecule has 2 aromatic heterocycles. The van der Waals surface area contributed by atoms with Crippen LogP contribution in [0.3, 0.4) is 0 Å². The van der Waals surface area contributed by atoms with Gasteiger partial charge in [0.15, 0.2) is 0 Å². The molecule has 0 aliphatic rings. The van der Waals surface area contributed by atoms with Crippen molar-refractivity contribution in [3.05, 3.63) is 10.8 Å². The van der Waals surface area contributed by atoms with Crippen LogP contribution in [-0.2, 0) is 12.6 Å². The summed E-state index contributed by atoms with van der Waals surface area (Å²) in [5.41, 5.74) is 5.48. The van der Waals surface area contributed by atoms with Crippen LogP contribution in [0, 0.1) is 5.92 Å². The number of nitrogens with two attached hydrogens (primary N) is 1. The smallest absolute Gasteiger partial charge is 0.330 e. The number of aryl methyl sites for hydroxylation is 1. The van der Waals surface area contributed by atoms with E-state index in [1.54, 1.807) is 0 Å². The zero-order chi connectivity index (χ0) is 13.3. The van der Waals surface area contributed by atoms with Crippen LogP contribution in [0.25, 0.3) is 4.96 Å². The molecule has 0 radical (unpaired) electrons. The van der Waals surface area contributed by atoms with Crippen LogP contribution < -0.4 is 5.73 Å². The third kappa shape index (κ3) is 2.61. The number of hydrogen-bond acceptors (Lipinski definition) is 5. The van der Waals surface area contributed by atoms with E-state index in [-0.39, 0.29) is 4.96 Å². The van der Waals surface area contributed by atoms with E-state index < -0.39 is 12.0 Å². The normalized spacial score (nSPS) is 14.3. The minimum absolute atomic E-state index is 0.165. The number of aromatic nitrogens is 4. The Morgan fingerprint density at radius 1 is 1.39 bits per heavy atom. The van der Waals surface area contributed by atoms with Gasteiger partial charge in [-0.15, -0.1) is 10.2 Å². The SMILES string of the molecule is CC(CN)CCc1nn2c(C(F)(F)F)nnc2s1. The van der Waals surface area contributed by atoms with E-state index in [1.165, 1.54) is 0 Å². The van der Waals surface area contributed by atoms with Crippen molar-refractivity contribution in [1.29, 1.82) is 0 Å². The van der Waals surface area contributed by atoms with Crippen LogP contribution in [0.4, 0.5) is 13.2 Å². The molecule has 5 nitrogen and oxygen atoms in total. The maximum absolute atomic E-state index is 12.6. The molecule has 2 heterocycles. The zero-order valence-electron chi connectivity index (χ0n) is 9.61. The van der Waals surface area contributed by atoms with Crippen LogP contribution in [0.2, 0.25) is 0 Å². The zero-order valence-corrected chi connectivity index (χ0v) is 10.4. The molecule has 0 saturated carbocycles. The van der Waals surface area contributed by atoms with Crippen molar-refractivity contribution in [2.75, 3.05) is 6.54 Å². The van der Waals surface area contributed by atoms with Crippen molar-refractivity contribution in [3.8, 4) is 0 Å². The van der Waals surface area contributed by atoms with Gasteiger partial charge >= 0.3 is 6.18 Å². The number of halogens is 3. The third-order valence-electron chi connectivity index (χ3n) is 2.54. The highest BCUT2D eigenvalue weighted by Crippen LogP contribution is 2.29. The second-order valence-corrected chi connectivity index (χ2v) is 5.13. The van der Waals surface area contributed by atoms with Crippen LogP contribution in [0.5, 0.6) is 0 Å². The van der Waals surface area contributed by atoms with Crippen LogP contribution in [-0.4, -0.2) is 26.4 Å². The van der Waals surface area contributed by atoms with Crippen LogP contribution in [0.15, 0.2) is 0 Å². The van der Waals surface area contributed by atoms with Crippen molar-refractivity contribution in [2.45, 2.75) is 25.9 Å². The summed E-state index contributed by atoms with van der Waals surface area (Å²) in [5, 5.41) is 11.1. The maximum Gasteiger partial charge on any atom is 0.453 e. The summed E-state index contributed by atoms with van der Waals surface area (Å²) >= 11 is 1.12. The molecule has 2 rings (SSSR count). The summed E-state index contributed by atoms with van der Waals surface area (Å²) in [6, 6.07) is 0. The Bertz CT molecular complexity index is 532. The highest BCUT2D eigenvalue weighted by molar-refractivity contribution is 7.16. The Morgan fingerprint density at radius 2 is 2.11 bits per heavy atom. The number of alkyl halides is 3. The van der Waals surface area contributed by atoms with Gasteiger partial charge in [0.1, 0.15) is 5.01 Å². The fourth-order valence-electron chi connectivity index (χ4n) is 1.42. The number of nitrogens with zero attached hydrogens (tertiary/aromatic N) is 4. The monoisotopic (exact) mass is 279 g/mol. The molecular formula is C9H12F3N5S. The Morgan fingerprint density at radius 3 is 2.72 bits per heavy atom. The molecule has 2 N–H and O–H groups in total. The minimum atomic E-state index is -4.53. The quantitative estimate of drug-likeness (QED) is 0.925. The first-order chi connectivity index (χ1) is 8.41. The molecule has 1 unspecified atom stereocenters. The lowest BCUT2D eigenvalue weighted by atomic mass is 10.1. The molecule has 0 aliphatic carbocycles. The van der Waals surface area contributed by atoms with Crippen molar-refractivity contribution in [1.82, 2.24) is 19.8 Å². The van der Waals surface area contributed by atoms with Gasteiger partial charge in [0.25, 0.3) is 5.82 Å². The first kappa shape index (κ1) is 13.2. The second kappa shape index (κ2) is 4.81. The molecule has 100 valence electrons. The molecule has 0 aromatic carbocycles. The average molecular weight is 279 g/mol. The van der Waals surface area contributed by atoms with E-state index in [0.29, 0.717) is 23.9 Å². The first-order valence-corrected chi connectivity index (χ1v) is 6.22. The van der Waals surface area contributed by atoms with Crippen molar-refractivity contribution < 1.29 is 13.2 Å². The molecule has 0 aliphatic heterocycles. The van der Waals surface area contributed by atoms with Crippen molar-refractivity contribution in [3.63, 3.8) is 0 Å². The Hall–Kier alpha value is -1.22. The first-order valence-electron chi connectivity index (χ1n) is 5.40. The molecule has 9 heteroatoms. The Labute approximate surface area is 105 Å². The molecule has 0 fully saturated rings. The van der Waals surface area contributed by atoms with Gasteiger partial charge in [-0.2, -0.15) is 22.8 Å². The standard InChI is InChI=1S/C9H12F3N5S/c1-5(4-13)2-3-6-16-17-7(9(10,11)12)14-15-8(17)18-6/h5H,2-4,13H2,1H3. The topological polar surface area (TPSA) is 69.1 Å². The van der Waals surface area contributed by atoms with E-state index in [9.17, 15) is 13.2 Å². The molecule has 18 heavy (non-hydrogen) atoms. The summed E-state index contributed by atoms with van der Waals surface area (Å²) in [5.74, 6) is -0.756. The fraction of sp³-hybridized carbons (Fsp3) is 0.667. The van der Waals surface area contributed by atoms with Crippen LogP contribution in [0.1, 0.15) is 24.2 Å². The van der Waals surface area contributed by atoms with Gasteiger partial charge in [-0.05, 0) is 18.9 Å². The van der Waals surface area contributed by atoms with Crippen molar-refractivity contribution in [2.24, 2.45) is 11.7 Å². The lowest BCUT2D eigenvalue weighted by molar-refractivity contribution is -0.146. The van der Waals surface area contributed by atoms with Gasteiger partial charge in [-0.1, -0.05) is 18.3 Å². The fourth-order valence-corrected chi connectivity index (χ4v) is 2.27. The summed E-state index contributed by atoms with van der Waals surface area (Å²) < 4.78 is 38.4. The average Bonchev–Trinajstić information content (AvgIpc) is 2.82. The third-order valence-corrected chi connectivity index (χ3v) is 3.50.